The van der Waals surface area contributed by atoms with Gasteiger partial charge in [0.1, 0.15) is 5.82 Å². The molecule has 1 aromatic rings. The molecule has 1 saturated heterocycles. The van der Waals surface area contributed by atoms with E-state index in [1.165, 1.54) is 19.4 Å². The Morgan fingerprint density at radius 3 is 3.00 bits per heavy atom. The van der Waals surface area contributed by atoms with Crippen molar-refractivity contribution in [3.63, 3.8) is 0 Å². The van der Waals surface area contributed by atoms with Gasteiger partial charge in [0.25, 0.3) is 0 Å². The summed E-state index contributed by atoms with van der Waals surface area (Å²) in [5, 5.41) is 0. The molecule has 17 heavy (non-hydrogen) atoms. The van der Waals surface area contributed by atoms with Gasteiger partial charge in [-0.25, -0.2) is 4.98 Å². The molecule has 1 unspecified atom stereocenters. The first kappa shape index (κ1) is 12.3. The lowest BCUT2D eigenvalue weighted by molar-refractivity contribution is 0.314. The highest BCUT2D eigenvalue weighted by Gasteiger charge is 2.22. The van der Waals surface area contributed by atoms with Crippen LogP contribution in [0.15, 0.2) is 12.4 Å². The molecule has 0 amide bonds. The van der Waals surface area contributed by atoms with Crippen molar-refractivity contribution in [3.05, 3.63) is 18.1 Å². The van der Waals surface area contributed by atoms with Gasteiger partial charge in [-0.15, -0.1) is 0 Å². The van der Waals surface area contributed by atoms with Gasteiger partial charge >= 0.3 is 0 Å². The zero-order valence-corrected chi connectivity index (χ0v) is 10.6. The van der Waals surface area contributed by atoms with E-state index in [-0.39, 0.29) is 0 Å². The van der Waals surface area contributed by atoms with Crippen molar-refractivity contribution in [2.75, 3.05) is 32.1 Å². The zero-order valence-electron chi connectivity index (χ0n) is 10.6. The lowest BCUT2D eigenvalue weighted by Gasteiger charge is -2.26. The second-order valence-corrected chi connectivity index (χ2v) is 4.73. The second-order valence-electron chi connectivity index (χ2n) is 4.73. The van der Waals surface area contributed by atoms with Gasteiger partial charge < -0.3 is 15.5 Å². The molecule has 0 spiro atoms. The molecule has 0 saturated carbocycles. The molecule has 5 heteroatoms. The van der Waals surface area contributed by atoms with Crippen LogP contribution in [0.1, 0.15) is 18.5 Å². The third-order valence-corrected chi connectivity index (χ3v) is 3.43. The van der Waals surface area contributed by atoms with Crippen LogP contribution < -0.4 is 10.6 Å². The molecule has 0 aromatic carbocycles. The van der Waals surface area contributed by atoms with Crippen LogP contribution in [0.5, 0.6) is 0 Å². The summed E-state index contributed by atoms with van der Waals surface area (Å²) in [7, 11) is 4.25. The molecular weight excluding hydrogens is 214 g/mol. The lowest BCUT2D eigenvalue weighted by Crippen LogP contribution is -2.37. The van der Waals surface area contributed by atoms with Crippen molar-refractivity contribution in [1.29, 1.82) is 0 Å². The predicted molar refractivity (Wildman–Crippen MR) is 68.8 cm³/mol. The number of hydrogen-bond acceptors (Lipinski definition) is 5. The highest BCUT2D eigenvalue weighted by Crippen LogP contribution is 2.17. The van der Waals surface area contributed by atoms with Gasteiger partial charge in [-0.2, -0.15) is 0 Å². The summed E-state index contributed by atoms with van der Waals surface area (Å²) >= 11 is 0. The maximum absolute atomic E-state index is 5.58. The SMILES string of the molecule is CN(CC1CCCN1C)c1cncc(CN)n1. The van der Waals surface area contributed by atoms with E-state index in [4.69, 9.17) is 5.73 Å². The van der Waals surface area contributed by atoms with Crippen LogP contribution in [0, 0.1) is 0 Å². The van der Waals surface area contributed by atoms with E-state index >= 15 is 0 Å². The number of nitrogens with zero attached hydrogens (tertiary/aromatic N) is 4. The van der Waals surface area contributed by atoms with Gasteiger partial charge in [0, 0.05) is 32.4 Å². The lowest BCUT2D eigenvalue weighted by atomic mass is 10.2. The Labute approximate surface area is 103 Å². The van der Waals surface area contributed by atoms with E-state index in [9.17, 15) is 0 Å². The Balaban J connectivity index is 2.00. The van der Waals surface area contributed by atoms with Crippen molar-refractivity contribution >= 4 is 5.82 Å². The molecule has 1 aliphatic heterocycles. The first-order chi connectivity index (χ1) is 8.20. The molecule has 0 aliphatic carbocycles. The van der Waals surface area contributed by atoms with E-state index in [0.717, 1.165) is 18.1 Å². The number of anilines is 1. The van der Waals surface area contributed by atoms with E-state index in [2.05, 4.69) is 33.9 Å². The van der Waals surface area contributed by atoms with Crippen molar-refractivity contribution < 1.29 is 0 Å². The smallest absolute Gasteiger partial charge is 0.147 e. The van der Waals surface area contributed by atoms with Crippen LogP contribution in [0.2, 0.25) is 0 Å². The van der Waals surface area contributed by atoms with Gasteiger partial charge in [0.05, 0.1) is 11.9 Å². The van der Waals surface area contributed by atoms with Gasteiger partial charge in [-0.05, 0) is 26.4 Å². The molecule has 1 atom stereocenters. The average molecular weight is 235 g/mol. The third-order valence-electron chi connectivity index (χ3n) is 3.43. The molecule has 1 aromatic heterocycles. The topological polar surface area (TPSA) is 58.3 Å². The summed E-state index contributed by atoms with van der Waals surface area (Å²) in [6, 6.07) is 0.628. The monoisotopic (exact) mass is 235 g/mol. The molecule has 2 rings (SSSR count). The Bertz CT molecular complexity index is 368. The Kier molecular flexibility index (Phi) is 3.91. The van der Waals surface area contributed by atoms with Crippen LogP contribution >= 0.6 is 0 Å². The highest BCUT2D eigenvalue weighted by molar-refractivity contribution is 5.35. The Morgan fingerprint density at radius 2 is 2.35 bits per heavy atom. The van der Waals surface area contributed by atoms with Crippen LogP contribution in [0.25, 0.3) is 0 Å². The van der Waals surface area contributed by atoms with Gasteiger partial charge in [-0.1, -0.05) is 0 Å². The minimum atomic E-state index is 0.442. The van der Waals surface area contributed by atoms with Gasteiger partial charge in [-0.3, -0.25) is 4.98 Å². The molecule has 5 nitrogen and oxygen atoms in total. The standard InChI is InChI=1S/C12H21N5/c1-16-5-3-4-11(16)9-17(2)12-8-14-7-10(6-13)15-12/h7-8,11H,3-6,9,13H2,1-2H3. The molecule has 0 bridgehead atoms. The van der Waals surface area contributed by atoms with E-state index in [0.29, 0.717) is 12.6 Å². The summed E-state index contributed by atoms with van der Waals surface area (Å²) in [5.41, 5.74) is 6.42. The van der Waals surface area contributed by atoms with E-state index < -0.39 is 0 Å². The van der Waals surface area contributed by atoms with Crippen LogP contribution in [0.3, 0.4) is 0 Å². The fourth-order valence-electron chi connectivity index (χ4n) is 2.30. The Hall–Kier alpha value is -1.20. The van der Waals surface area contributed by atoms with Gasteiger partial charge in [0.2, 0.25) is 0 Å². The number of aromatic nitrogens is 2. The van der Waals surface area contributed by atoms with Gasteiger partial charge in [0.15, 0.2) is 0 Å². The minimum Gasteiger partial charge on any atom is -0.357 e. The average Bonchev–Trinajstić information content (AvgIpc) is 2.75. The van der Waals surface area contributed by atoms with E-state index in [1.807, 2.05) is 0 Å². The molecular formula is C12H21N5. The molecule has 2 heterocycles. The number of likely N-dealkylation sites (N-methyl/N-ethyl adjacent to an activating group) is 2. The van der Waals surface area contributed by atoms with Crippen molar-refractivity contribution in [2.45, 2.75) is 25.4 Å². The normalized spacial score (nSPS) is 20.8. The van der Waals surface area contributed by atoms with Crippen molar-refractivity contribution in [1.82, 2.24) is 14.9 Å². The summed E-state index contributed by atoms with van der Waals surface area (Å²) in [5.74, 6) is 0.910. The largest absolute Gasteiger partial charge is 0.357 e. The Morgan fingerprint density at radius 1 is 1.53 bits per heavy atom. The number of hydrogen-bond donors (Lipinski definition) is 1. The maximum Gasteiger partial charge on any atom is 0.147 e. The van der Waals surface area contributed by atoms with Crippen LogP contribution in [-0.2, 0) is 6.54 Å². The molecule has 1 aliphatic rings. The first-order valence-corrected chi connectivity index (χ1v) is 6.13. The van der Waals surface area contributed by atoms with E-state index in [1.54, 1.807) is 12.4 Å². The quantitative estimate of drug-likeness (QED) is 0.822. The number of rotatable bonds is 4. The van der Waals surface area contributed by atoms with Crippen molar-refractivity contribution in [2.24, 2.45) is 5.73 Å². The molecule has 94 valence electrons. The molecule has 0 radical (unpaired) electrons. The van der Waals surface area contributed by atoms with Crippen molar-refractivity contribution in [3.8, 4) is 0 Å². The maximum atomic E-state index is 5.58. The summed E-state index contributed by atoms with van der Waals surface area (Å²) < 4.78 is 0. The summed E-state index contributed by atoms with van der Waals surface area (Å²) in [6.07, 6.45) is 6.08. The molecule has 1 fully saturated rings. The predicted octanol–water partition coefficient (Wildman–Crippen LogP) is 0.466. The third kappa shape index (κ3) is 2.92. The zero-order chi connectivity index (χ0) is 12.3. The first-order valence-electron chi connectivity index (χ1n) is 6.13. The second kappa shape index (κ2) is 5.42. The number of nitrogens with two attached hydrogens (primary N) is 1. The fourth-order valence-corrected chi connectivity index (χ4v) is 2.30. The van der Waals surface area contributed by atoms with Crippen LogP contribution in [0.4, 0.5) is 5.82 Å². The molecule has 2 N–H and O–H groups in total. The summed E-state index contributed by atoms with van der Waals surface area (Å²) in [6.45, 7) is 2.64. The fraction of sp³-hybridized carbons (Fsp3) is 0.667. The highest BCUT2D eigenvalue weighted by atomic mass is 15.2. The summed E-state index contributed by atoms with van der Waals surface area (Å²) in [4.78, 5) is 13.2. The van der Waals surface area contributed by atoms with Crippen LogP contribution in [-0.4, -0.2) is 48.1 Å². The number of likely N-dealkylation sites (tertiary alicyclic amines) is 1. The minimum absolute atomic E-state index is 0.442.